The molecule has 106 valence electrons. The van der Waals surface area contributed by atoms with Gasteiger partial charge in [0.15, 0.2) is 16.6 Å². The number of aromatic nitrogens is 2. The van der Waals surface area contributed by atoms with Gasteiger partial charge in [-0.15, -0.1) is 0 Å². The zero-order chi connectivity index (χ0) is 14.4. The van der Waals surface area contributed by atoms with Gasteiger partial charge in [-0.2, -0.15) is 0 Å². The lowest BCUT2D eigenvalue weighted by molar-refractivity contribution is 0.298. The first kappa shape index (κ1) is 15.3. The molecule has 6 nitrogen and oxygen atoms in total. The Bertz CT molecular complexity index is 601. The third kappa shape index (κ3) is 4.18. The molecule has 1 heterocycles. The van der Waals surface area contributed by atoms with Crippen molar-refractivity contribution in [3.05, 3.63) is 33.5 Å². The maximum absolute atomic E-state index is 5.98. The van der Waals surface area contributed by atoms with E-state index < -0.39 is 0 Å². The van der Waals surface area contributed by atoms with E-state index in [1.54, 1.807) is 0 Å². The van der Waals surface area contributed by atoms with Gasteiger partial charge in [0.05, 0.1) is 5.69 Å². The molecule has 0 spiro atoms. The van der Waals surface area contributed by atoms with Crippen LogP contribution < -0.4 is 11.1 Å². The number of benzene rings is 1. The van der Waals surface area contributed by atoms with Gasteiger partial charge in [0.2, 0.25) is 0 Å². The predicted molar refractivity (Wildman–Crippen MR) is 88.5 cm³/mol. The molecular formula is C12H14IN5OS. The molecule has 0 aliphatic heterocycles. The first-order valence-corrected chi connectivity index (χ1v) is 7.97. The molecule has 0 unspecified atom stereocenters. The minimum absolute atomic E-state index is 0.306. The van der Waals surface area contributed by atoms with Crippen molar-refractivity contribution in [2.75, 3.05) is 19.3 Å². The Labute approximate surface area is 134 Å². The van der Waals surface area contributed by atoms with Crippen LogP contribution in [0.15, 0.2) is 38.9 Å². The van der Waals surface area contributed by atoms with E-state index in [0.29, 0.717) is 16.6 Å². The van der Waals surface area contributed by atoms with Crippen molar-refractivity contribution in [3.63, 3.8) is 0 Å². The Morgan fingerprint density at radius 1 is 1.50 bits per heavy atom. The van der Waals surface area contributed by atoms with Crippen molar-refractivity contribution in [3.8, 4) is 0 Å². The van der Waals surface area contributed by atoms with Gasteiger partial charge in [-0.25, -0.2) is 9.62 Å². The van der Waals surface area contributed by atoms with E-state index in [1.807, 2.05) is 31.3 Å². The summed E-state index contributed by atoms with van der Waals surface area (Å²) in [5.41, 5.74) is 7.25. The summed E-state index contributed by atoms with van der Waals surface area (Å²) in [6.07, 6.45) is 0. The Hall–Kier alpha value is -1.13. The Kier molecular flexibility index (Phi) is 5.80. The second-order valence-corrected chi connectivity index (χ2v) is 6.18. The molecule has 0 saturated carbocycles. The predicted octanol–water partition coefficient (Wildman–Crippen LogP) is 2.02. The Balaban J connectivity index is 2.16. The lowest BCUT2D eigenvalue weighted by Crippen LogP contribution is -2.15. The van der Waals surface area contributed by atoms with Crippen molar-refractivity contribution in [2.45, 2.75) is 5.03 Å². The van der Waals surface area contributed by atoms with Crippen LogP contribution in [0.1, 0.15) is 5.69 Å². The molecule has 0 saturated heterocycles. The zero-order valence-electron chi connectivity index (χ0n) is 10.8. The number of halogens is 1. The topological polar surface area (TPSA) is 89.3 Å². The van der Waals surface area contributed by atoms with Crippen LogP contribution in [0.25, 0.3) is 0 Å². The van der Waals surface area contributed by atoms with Gasteiger partial charge in [-0.05, 0) is 58.2 Å². The molecule has 2 rings (SSSR count). The summed E-state index contributed by atoms with van der Waals surface area (Å²) >= 11 is 3.76. The zero-order valence-corrected chi connectivity index (χ0v) is 13.8. The van der Waals surface area contributed by atoms with Gasteiger partial charge < -0.3 is 11.1 Å². The lowest BCUT2D eigenvalue weighted by atomic mass is 10.3. The van der Waals surface area contributed by atoms with Crippen LogP contribution in [-0.2, 0) is 0 Å². The fourth-order valence-corrected chi connectivity index (χ4v) is 2.81. The van der Waals surface area contributed by atoms with Gasteiger partial charge >= 0.3 is 0 Å². The minimum Gasteiger partial charge on any atom is -0.382 e. The molecule has 0 bridgehead atoms. The van der Waals surface area contributed by atoms with Gasteiger partial charge in [-0.3, -0.25) is 0 Å². The lowest BCUT2D eigenvalue weighted by Gasteiger charge is -2.00. The average Bonchev–Trinajstić information content (AvgIpc) is 2.87. The fourth-order valence-electron chi connectivity index (χ4n) is 1.42. The second-order valence-electron chi connectivity index (χ2n) is 3.85. The number of aliphatic imine (C=N–C) groups is 1. The van der Waals surface area contributed by atoms with Crippen LogP contribution in [0.5, 0.6) is 0 Å². The second kappa shape index (κ2) is 7.60. The number of hydrogen-bond donors (Lipinski definition) is 2. The summed E-state index contributed by atoms with van der Waals surface area (Å²) in [7, 11) is 1.90. The summed E-state index contributed by atoms with van der Waals surface area (Å²) in [5, 5.41) is 11.4. The fraction of sp³-hybridized carbons (Fsp3) is 0.250. The third-order valence-corrected chi connectivity index (χ3v) is 3.97. The van der Waals surface area contributed by atoms with E-state index in [1.165, 1.54) is 11.8 Å². The van der Waals surface area contributed by atoms with E-state index in [0.717, 1.165) is 21.6 Å². The molecule has 20 heavy (non-hydrogen) atoms. The molecule has 0 aliphatic carbocycles. The largest absolute Gasteiger partial charge is 0.382 e. The molecule has 0 amide bonds. The molecule has 0 radical (unpaired) electrons. The Morgan fingerprint density at radius 3 is 3.10 bits per heavy atom. The van der Waals surface area contributed by atoms with E-state index in [-0.39, 0.29) is 0 Å². The van der Waals surface area contributed by atoms with Crippen molar-refractivity contribution in [2.24, 2.45) is 10.7 Å². The molecular weight excluding hydrogens is 389 g/mol. The summed E-state index contributed by atoms with van der Waals surface area (Å²) in [6, 6.07) is 7.75. The highest BCUT2D eigenvalue weighted by Gasteiger charge is 2.14. The molecule has 1 aromatic carbocycles. The number of amidine groups is 1. The van der Waals surface area contributed by atoms with Crippen LogP contribution in [0.4, 0.5) is 5.69 Å². The van der Waals surface area contributed by atoms with Crippen LogP contribution in [0.3, 0.4) is 0 Å². The smallest absolute Gasteiger partial charge is 0.183 e. The quantitative estimate of drug-likeness (QED) is 0.252. The van der Waals surface area contributed by atoms with E-state index in [2.05, 4.69) is 43.2 Å². The molecule has 3 N–H and O–H groups in total. The molecule has 0 aliphatic rings. The molecule has 1 aromatic heterocycles. The monoisotopic (exact) mass is 403 g/mol. The van der Waals surface area contributed by atoms with E-state index in [4.69, 9.17) is 10.4 Å². The van der Waals surface area contributed by atoms with Crippen molar-refractivity contribution in [1.82, 2.24) is 15.6 Å². The molecule has 2 aromatic rings. The standard InChI is InChI=1S/C12H14IN5OS/c1-15-5-6-20-12-10(17-19-18-12)11(14)16-9-4-2-3-8(13)7-9/h2-4,7,15H,5-6H2,1H3,(H2,14,16). The van der Waals surface area contributed by atoms with Crippen molar-refractivity contribution in [1.29, 1.82) is 0 Å². The number of hydrogen-bond acceptors (Lipinski definition) is 6. The molecule has 0 fully saturated rings. The van der Waals surface area contributed by atoms with Crippen molar-refractivity contribution < 1.29 is 4.63 Å². The highest BCUT2D eigenvalue weighted by molar-refractivity contribution is 14.1. The van der Waals surface area contributed by atoms with Gasteiger partial charge in [-0.1, -0.05) is 17.8 Å². The SMILES string of the molecule is CNCCSc1nonc1C(N)=Nc1cccc(I)c1. The number of nitrogens with zero attached hydrogens (tertiary/aromatic N) is 3. The number of rotatable bonds is 6. The Morgan fingerprint density at radius 2 is 2.35 bits per heavy atom. The third-order valence-electron chi connectivity index (χ3n) is 2.35. The minimum atomic E-state index is 0.306. The average molecular weight is 403 g/mol. The van der Waals surface area contributed by atoms with Gasteiger partial charge in [0.1, 0.15) is 0 Å². The highest BCUT2D eigenvalue weighted by Crippen LogP contribution is 2.20. The molecule has 0 atom stereocenters. The van der Waals surface area contributed by atoms with E-state index >= 15 is 0 Å². The van der Waals surface area contributed by atoms with Gasteiger partial charge in [0.25, 0.3) is 0 Å². The first-order chi connectivity index (χ1) is 9.70. The van der Waals surface area contributed by atoms with Crippen LogP contribution in [-0.4, -0.2) is 35.5 Å². The number of thioether (sulfide) groups is 1. The van der Waals surface area contributed by atoms with Crippen LogP contribution in [0.2, 0.25) is 0 Å². The molecule has 8 heteroatoms. The maximum Gasteiger partial charge on any atom is 0.183 e. The maximum atomic E-state index is 5.98. The summed E-state index contributed by atoms with van der Waals surface area (Å²) in [4.78, 5) is 4.35. The summed E-state index contributed by atoms with van der Waals surface area (Å²) < 4.78 is 5.85. The number of nitrogens with one attached hydrogen (secondary N) is 1. The summed E-state index contributed by atoms with van der Waals surface area (Å²) in [5.74, 6) is 1.16. The normalized spacial score (nSPS) is 11.8. The highest BCUT2D eigenvalue weighted by atomic mass is 127. The summed E-state index contributed by atoms with van der Waals surface area (Å²) in [6.45, 7) is 0.866. The number of nitrogens with two attached hydrogens (primary N) is 1. The van der Waals surface area contributed by atoms with Crippen LogP contribution >= 0.6 is 34.4 Å². The van der Waals surface area contributed by atoms with Crippen LogP contribution in [0, 0.1) is 3.57 Å². The van der Waals surface area contributed by atoms with Crippen molar-refractivity contribution >= 4 is 45.9 Å². The van der Waals surface area contributed by atoms with Gasteiger partial charge in [0, 0.05) is 15.9 Å². The first-order valence-electron chi connectivity index (χ1n) is 5.90. The van der Waals surface area contributed by atoms with E-state index in [9.17, 15) is 0 Å².